The Balaban J connectivity index is 1.65. The van der Waals surface area contributed by atoms with Crippen molar-refractivity contribution < 1.29 is 17.9 Å². The molecule has 0 saturated carbocycles. The fourth-order valence-corrected chi connectivity index (χ4v) is 3.36. The lowest BCUT2D eigenvalue weighted by atomic mass is 10.2. The topological polar surface area (TPSA) is 50.3 Å². The molecule has 1 fully saturated rings. The van der Waals surface area contributed by atoms with Crippen molar-refractivity contribution in [2.45, 2.75) is 24.3 Å². The SMILES string of the molecule is CNc1nccc(N2CC(S)CC2COCc2cc(F)c(F)cc2F)n1. The molecule has 0 spiro atoms. The van der Waals surface area contributed by atoms with Crippen molar-refractivity contribution in [2.24, 2.45) is 0 Å². The lowest BCUT2D eigenvalue weighted by Gasteiger charge is -2.25. The molecule has 5 nitrogen and oxygen atoms in total. The van der Waals surface area contributed by atoms with Crippen molar-refractivity contribution in [2.75, 3.05) is 30.4 Å². The highest BCUT2D eigenvalue weighted by Crippen LogP contribution is 2.27. The molecule has 3 rings (SSSR count). The molecule has 9 heteroatoms. The van der Waals surface area contributed by atoms with Gasteiger partial charge >= 0.3 is 0 Å². The van der Waals surface area contributed by atoms with Crippen LogP contribution in [-0.2, 0) is 11.3 Å². The molecule has 26 heavy (non-hydrogen) atoms. The first kappa shape index (κ1) is 18.8. The Labute approximate surface area is 155 Å². The third-order valence-corrected chi connectivity index (χ3v) is 4.58. The molecule has 1 saturated heterocycles. The zero-order valence-corrected chi connectivity index (χ0v) is 15.0. The van der Waals surface area contributed by atoms with Crippen LogP contribution in [0.2, 0.25) is 0 Å². The number of ether oxygens (including phenoxy) is 1. The smallest absolute Gasteiger partial charge is 0.224 e. The number of halogens is 3. The molecule has 1 aliphatic heterocycles. The van der Waals surface area contributed by atoms with Crippen LogP contribution in [0.25, 0.3) is 0 Å². The Morgan fingerprint density at radius 1 is 1.27 bits per heavy atom. The lowest BCUT2D eigenvalue weighted by molar-refractivity contribution is 0.106. The maximum absolute atomic E-state index is 13.7. The fourth-order valence-electron chi connectivity index (χ4n) is 2.94. The average molecular weight is 384 g/mol. The fraction of sp³-hybridized carbons (Fsp3) is 0.412. The Morgan fingerprint density at radius 3 is 2.81 bits per heavy atom. The van der Waals surface area contributed by atoms with Crippen LogP contribution >= 0.6 is 12.6 Å². The summed E-state index contributed by atoms with van der Waals surface area (Å²) in [5.41, 5.74) is -0.0182. The van der Waals surface area contributed by atoms with Crippen LogP contribution in [0.1, 0.15) is 12.0 Å². The Bertz CT molecular complexity index is 780. The van der Waals surface area contributed by atoms with Gasteiger partial charge in [0.2, 0.25) is 5.95 Å². The van der Waals surface area contributed by atoms with Crippen molar-refractivity contribution in [3.8, 4) is 0 Å². The number of nitrogens with one attached hydrogen (secondary N) is 1. The van der Waals surface area contributed by atoms with Gasteiger partial charge in [0.05, 0.1) is 19.3 Å². The Kier molecular flexibility index (Phi) is 5.87. The summed E-state index contributed by atoms with van der Waals surface area (Å²) >= 11 is 4.54. The summed E-state index contributed by atoms with van der Waals surface area (Å²) in [6.45, 7) is 0.835. The summed E-state index contributed by atoms with van der Waals surface area (Å²) in [6, 6.07) is 3.14. The molecular formula is C17H19F3N4OS. The molecule has 0 aliphatic carbocycles. The van der Waals surface area contributed by atoms with E-state index in [2.05, 4.69) is 32.8 Å². The van der Waals surface area contributed by atoms with Gasteiger partial charge < -0.3 is 15.0 Å². The molecule has 140 valence electrons. The first-order valence-electron chi connectivity index (χ1n) is 8.14. The highest BCUT2D eigenvalue weighted by molar-refractivity contribution is 7.81. The number of benzene rings is 1. The zero-order valence-electron chi connectivity index (χ0n) is 14.1. The van der Waals surface area contributed by atoms with Gasteiger partial charge in [0.15, 0.2) is 11.6 Å². The molecule has 0 amide bonds. The molecule has 2 aromatic rings. The van der Waals surface area contributed by atoms with E-state index in [9.17, 15) is 13.2 Å². The van der Waals surface area contributed by atoms with Gasteiger partial charge in [0, 0.05) is 36.7 Å². The standard InChI is InChI=1S/C17H19F3N4OS/c1-21-17-22-3-2-16(23-17)24-7-12(26)5-11(24)9-25-8-10-4-14(19)15(20)6-13(10)18/h2-4,6,11-12,26H,5,7-9H2,1H3,(H,21,22,23). The third-order valence-electron chi connectivity index (χ3n) is 4.21. The third kappa shape index (κ3) is 4.21. The number of anilines is 2. The molecule has 2 heterocycles. The van der Waals surface area contributed by atoms with E-state index in [4.69, 9.17) is 4.74 Å². The lowest BCUT2D eigenvalue weighted by Crippen LogP contribution is -2.34. The summed E-state index contributed by atoms with van der Waals surface area (Å²) < 4.78 is 45.5. The molecule has 2 unspecified atom stereocenters. The molecule has 0 bridgehead atoms. The average Bonchev–Trinajstić information content (AvgIpc) is 3.00. The minimum Gasteiger partial charge on any atom is -0.375 e. The van der Waals surface area contributed by atoms with Gasteiger partial charge in [-0.15, -0.1) is 0 Å². The maximum atomic E-state index is 13.7. The molecule has 0 radical (unpaired) electrons. The van der Waals surface area contributed by atoms with E-state index in [0.717, 1.165) is 18.3 Å². The normalized spacial score (nSPS) is 19.8. The molecule has 1 aromatic heterocycles. The number of aromatic nitrogens is 2. The molecular weight excluding hydrogens is 365 g/mol. The molecule has 1 aromatic carbocycles. The second-order valence-corrected chi connectivity index (χ2v) is 6.79. The van der Waals surface area contributed by atoms with Gasteiger partial charge in [-0.2, -0.15) is 17.6 Å². The van der Waals surface area contributed by atoms with Crippen molar-refractivity contribution in [1.82, 2.24) is 9.97 Å². The van der Waals surface area contributed by atoms with Crippen molar-refractivity contribution in [3.05, 3.63) is 47.4 Å². The van der Waals surface area contributed by atoms with E-state index >= 15 is 0 Å². The van der Waals surface area contributed by atoms with E-state index in [0.29, 0.717) is 18.6 Å². The molecule has 2 atom stereocenters. The summed E-state index contributed by atoms with van der Waals surface area (Å²) in [5, 5.41) is 3.04. The largest absolute Gasteiger partial charge is 0.375 e. The Hall–Kier alpha value is -2.00. The van der Waals surface area contributed by atoms with Gasteiger partial charge in [-0.05, 0) is 18.6 Å². The number of hydrogen-bond donors (Lipinski definition) is 2. The van der Waals surface area contributed by atoms with Crippen molar-refractivity contribution in [1.29, 1.82) is 0 Å². The second kappa shape index (κ2) is 8.13. The van der Waals surface area contributed by atoms with Crippen LogP contribution in [0, 0.1) is 17.5 Å². The van der Waals surface area contributed by atoms with E-state index in [1.807, 2.05) is 0 Å². The minimum absolute atomic E-state index is 0.00883. The Morgan fingerprint density at radius 2 is 2.04 bits per heavy atom. The number of nitrogens with zero attached hydrogens (tertiary/aromatic N) is 3. The number of thiol groups is 1. The van der Waals surface area contributed by atoms with Crippen molar-refractivity contribution >= 4 is 24.4 Å². The minimum atomic E-state index is -1.21. The highest BCUT2D eigenvalue weighted by Gasteiger charge is 2.31. The van der Waals surface area contributed by atoms with Crippen LogP contribution in [0.4, 0.5) is 24.9 Å². The maximum Gasteiger partial charge on any atom is 0.224 e. The van der Waals surface area contributed by atoms with Crippen LogP contribution in [-0.4, -0.2) is 41.5 Å². The van der Waals surface area contributed by atoms with Gasteiger partial charge in [0.1, 0.15) is 11.6 Å². The van der Waals surface area contributed by atoms with Gasteiger partial charge in [-0.25, -0.2) is 18.2 Å². The van der Waals surface area contributed by atoms with E-state index < -0.39 is 17.5 Å². The number of hydrogen-bond acceptors (Lipinski definition) is 6. The summed E-state index contributed by atoms with van der Waals surface area (Å²) in [6.07, 6.45) is 2.43. The second-order valence-electron chi connectivity index (χ2n) is 6.06. The van der Waals surface area contributed by atoms with Gasteiger partial charge in [0.25, 0.3) is 0 Å². The van der Waals surface area contributed by atoms with Crippen LogP contribution in [0.3, 0.4) is 0 Å². The van der Waals surface area contributed by atoms with Gasteiger partial charge in [-0.1, -0.05) is 0 Å². The quantitative estimate of drug-likeness (QED) is 0.592. The van der Waals surface area contributed by atoms with Crippen molar-refractivity contribution in [3.63, 3.8) is 0 Å². The molecule has 1 aliphatic rings. The van der Waals surface area contributed by atoms with E-state index in [-0.39, 0.29) is 30.1 Å². The van der Waals surface area contributed by atoms with Crippen LogP contribution in [0.5, 0.6) is 0 Å². The highest BCUT2D eigenvalue weighted by atomic mass is 32.1. The monoisotopic (exact) mass is 384 g/mol. The first-order chi connectivity index (χ1) is 12.5. The summed E-state index contributed by atoms with van der Waals surface area (Å²) in [7, 11) is 1.74. The summed E-state index contributed by atoms with van der Waals surface area (Å²) in [4.78, 5) is 10.6. The first-order valence-corrected chi connectivity index (χ1v) is 8.66. The van der Waals surface area contributed by atoms with E-state index in [1.54, 1.807) is 19.3 Å². The summed E-state index contributed by atoms with van der Waals surface area (Å²) in [5.74, 6) is -1.88. The predicted molar refractivity (Wildman–Crippen MR) is 96.1 cm³/mol. The number of rotatable bonds is 6. The van der Waals surface area contributed by atoms with Crippen LogP contribution < -0.4 is 10.2 Å². The van der Waals surface area contributed by atoms with Gasteiger partial charge in [-0.3, -0.25) is 0 Å². The zero-order chi connectivity index (χ0) is 18.7. The predicted octanol–water partition coefficient (Wildman–Crippen LogP) is 3.03. The van der Waals surface area contributed by atoms with Crippen LogP contribution in [0.15, 0.2) is 24.4 Å². The molecule has 1 N–H and O–H groups in total. The van der Waals surface area contributed by atoms with E-state index in [1.165, 1.54) is 0 Å².